The number of ether oxygens (including phenoxy) is 2. The molecule has 0 saturated carbocycles. The van der Waals surface area contributed by atoms with Crippen LogP contribution in [0.15, 0.2) is 61.2 Å². The fourth-order valence-corrected chi connectivity index (χ4v) is 7.47. The van der Waals surface area contributed by atoms with Crippen molar-refractivity contribution in [2.75, 3.05) is 13.2 Å². The molecular formula is C38H62N2O5Si2. The number of hydrogen-bond acceptors (Lipinski definition) is 6. The molecule has 3 rings (SSSR count). The largest absolute Gasteiger partial charge is 0.504 e. The first-order valence-electron chi connectivity index (χ1n) is 17.2. The second-order valence-electron chi connectivity index (χ2n) is 16.3. The van der Waals surface area contributed by atoms with Crippen LogP contribution >= 0.6 is 0 Å². The minimum Gasteiger partial charge on any atom is -0.504 e. The number of nitrogens with one attached hydrogen (secondary N) is 2. The molecule has 7 nitrogen and oxygen atoms in total. The lowest BCUT2D eigenvalue weighted by Gasteiger charge is -2.42. The first-order chi connectivity index (χ1) is 21.7. The third-order valence-corrected chi connectivity index (χ3v) is 18.9. The number of rotatable bonds is 15. The van der Waals surface area contributed by atoms with Crippen LogP contribution in [-0.4, -0.2) is 54.1 Å². The van der Waals surface area contributed by atoms with Crippen LogP contribution in [0.4, 0.5) is 4.79 Å². The Morgan fingerprint density at radius 1 is 0.957 bits per heavy atom. The van der Waals surface area contributed by atoms with E-state index in [1.54, 1.807) is 6.08 Å². The maximum absolute atomic E-state index is 13.7. The fourth-order valence-electron chi connectivity index (χ4n) is 5.29. The zero-order valence-corrected chi connectivity index (χ0v) is 33.2. The Labute approximate surface area is 287 Å². The van der Waals surface area contributed by atoms with E-state index in [4.69, 9.17) is 18.3 Å². The third-order valence-electron chi connectivity index (χ3n) is 10.0. The summed E-state index contributed by atoms with van der Waals surface area (Å²) in [6.45, 7) is 30.9. The highest BCUT2D eigenvalue weighted by atomic mass is 28.4. The summed E-state index contributed by atoms with van der Waals surface area (Å²) in [6.07, 6.45) is 2.54. The lowest BCUT2D eigenvalue weighted by molar-refractivity contribution is 0.0677. The van der Waals surface area contributed by atoms with Gasteiger partial charge in [-0.05, 0) is 91.8 Å². The Hall–Kier alpha value is -2.44. The van der Waals surface area contributed by atoms with E-state index in [-0.39, 0.29) is 46.6 Å². The van der Waals surface area contributed by atoms with Gasteiger partial charge in [0, 0.05) is 12.6 Å². The highest BCUT2D eigenvalue weighted by Crippen LogP contribution is 2.43. The molecule has 0 aliphatic heterocycles. The number of hydrogen-bond donors (Lipinski definition) is 2. The molecule has 0 fully saturated rings. The van der Waals surface area contributed by atoms with Crippen LogP contribution in [0.2, 0.25) is 36.3 Å². The Bertz CT molecular complexity index is 1320. The van der Waals surface area contributed by atoms with E-state index in [0.29, 0.717) is 19.6 Å². The minimum absolute atomic E-state index is 0.0170. The molecule has 1 aliphatic rings. The molecule has 0 bridgehead atoms. The van der Waals surface area contributed by atoms with Gasteiger partial charge in [0.1, 0.15) is 5.75 Å². The first-order valence-corrected chi connectivity index (χ1v) is 23.0. The zero-order chi connectivity index (χ0) is 35.2. The maximum atomic E-state index is 13.7. The van der Waals surface area contributed by atoms with Crippen LogP contribution < -0.4 is 15.4 Å². The molecule has 2 aromatic rings. The second kappa shape index (κ2) is 15.9. The zero-order valence-electron chi connectivity index (χ0n) is 31.2. The maximum Gasteiger partial charge on any atom is 0.393 e. The lowest BCUT2D eigenvalue weighted by Crippen LogP contribution is -2.57. The molecule has 0 spiro atoms. The number of fused-ring (bicyclic) bond motifs is 1. The number of amides is 1. The van der Waals surface area contributed by atoms with Crippen molar-refractivity contribution in [2.24, 2.45) is 0 Å². The van der Waals surface area contributed by atoms with Gasteiger partial charge in [-0.15, -0.1) is 6.58 Å². The van der Waals surface area contributed by atoms with Crippen molar-refractivity contribution < 1.29 is 23.1 Å². The van der Waals surface area contributed by atoms with Crippen LogP contribution in [0.5, 0.6) is 5.75 Å². The number of carbonyl (C=O) groups is 1. The topological polar surface area (TPSA) is 78.0 Å². The van der Waals surface area contributed by atoms with Gasteiger partial charge in [0.2, 0.25) is 0 Å². The molecule has 2 aromatic carbocycles. The third kappa shape index (κ3) is 10.8. The molecule has 0 saturated heterocycles. The van der Waals surface area contributed by atoms with E-state index < -0.39 is 16.6 Å². The molecule has 1 amide bonds. The standard InChI is InChI=1S/C38H62N2O5Si2/c1-14-22-42-34-25-32(31-24-29(43-27(2)3)20-21-30(31)34)39-26-35(44-46(10,11)37(4,5)6)33(23-28-18-16-15-17-19-28)40-36(41)45-47(12,13)38(7,8)9/h14-21,24,27,32-35,39H,1,22-23,25-26H2,2-13H3,(H,40,41)/t32-,33-,34+,35+/m0/s1. The summed E-state index contributed by atoms with van der Waals surface area (Å²) in [5, 5.41) is 7.05. The van der Waals surface area contributed by atoms with Gasteiger partial charge in [0.25, 0.3) is 8.32 Å². The molecule has 0 unspecified atom stereocenters. The smallest absolute Gasteiger partial charge is 0.393 e. The summed E-state index contributed by atoms with van der Waals surface area (Å²) in [7, 11) is -4.61. The minimum atomic E-state index is -2.35. The quantitative estimate of drug-likeness (QED) is 0.144. The van der Waals surface area contributed by atoms with E-state index in [1.165, 1.54) is 11.1 Å². The van der Waals surface area contributed by atoms with Gasteiger partial charge in [-0.2, -0.15) is 0 Å². The average Bonchev–Trinajstić information content (AvgIpc) is 3.29. The average molecular weight is 683 g/mol. The fraction of sp³-hybridized carbons (Fsp3) is 0.605. The van der Waals surface area contributed by atoms with E-state index >= 15 is 0 Å². The molecule has 9 heteroatoms. The van der Waals surface area contributed by atoms with E-state index in [2.05, 4.69) is 109 Å². The molecule has 4 atom stereocenters. The van der Waals surface area contributed by atoms with Gasteiger partial charge in [0.15, 0.2) is 8.32 Å². The van der Waals surface area contributed by atoms with Crippen LogP contribution in [0, 0.1) is 0 Å². The predicted octanol–water partition coefficient (Wildman–Crippen LogP) is 9.49. The van der Waals surface area contributed by atoms with Crippen molar-refractivity contribution in [3.63, 3.8) is 0 Å². The summed E-state index contributed by atoms with van der Waals surface area (Å²) in [5.74, 6) is 0.848. The molecule has 0 heterocycles. The molecule has 47 heavy (non-hydrogen) atoms. The number of benzene rings is 2. The summed E-state index contributed by atoms with van der Waals surface area (Å²) >= 11 is 0. The van der Waals surface area contributed by atoms with Gasteiger partial charge in [-0.3, -0.25) is 0 Å². The van der Waals surface area contributed by atoms with Crippen molar-refractivity contribution in [3.8, 4) is 5.75 Å². The van der Waals surface area contributed by atoms with Gasteiger partial charge >= 0.3 is 6.09 Å². The summed E-state index contributed by atoms with van der Waals surface area (Å²) in [4.78, 5) is 13.7. The Kier molecular flexibility index (Phi) is 13.2. The Morgan fingerprint density at radius 3 is 2.17 bits per heavy atom. The van der Waals surface area contributed by atoms with Gasteiger partial charge in [0.05, 0.1) is 31.0 Å². The molecule has 2 N–H and O–H groups in total. The van der Waals surface area contributed by atoms with Crippen LogP contribution in [-0.2, 0) is 20.0 Å². The first kappa shape index (κ1) is 39.0. The van der Waals surface area contributed by atoms with E-state index in [0.717, 1.165) is 17.7 Å². The van der Waals surface area contributed by atoms with Crippen molar-refractivity contribution >= 4 is 22.7 Å². The van der Waals surface area contributed by atoms with Crippen molar-refractivity contribution in [3.05, 3.63) is 77.9 Å². The highest BCUT2D eigenvalue weighted by molar-refractivity contribution is 6.75. The van der Waals surface area contributed by atoms with E-state index in [1.807, 2.05) is 38.1 Å². The van der Waals surface area contributed by atoms with Gasteiger partial charge in [-0.25, -0.2) is 4.79 Å². The van der Waals surface area contributed by atoms with Gasteiger partial charge < -0.3 is 29.0 Å². The van der Waals surface area contributed by atoms with Crippen molar-refractivity contribution in [1.29, 1.82) is 0 Å². The Morgan fingerprint density at radius 2 is 1.60 bits per heavy atom. The SMILES string of the molecule is C=CCO[C@@H]1C[C@H](NC[C@@H](O[Si](C)(C)C(C)(C)C)[C@H](Cc2ccccc2)NC(=O)O[Si](C)(C)C(C)(C)C)c2cc(OC(C)C)ccc21. The molecule has 0 aromatic heterocycles. The van der Waals surface area contributed by atoms with Crippen LogP contribution in [0.3, 0.4) is 0 Å². The van der Waals surface area contributed by atoms with Crippen molar-refractivity contribution in [1.82, 2.24) is 10.6 Å². The summed E-state index contributed by atoms with van der Waals surface area (Å²) in [6, 6.07) is 16.3. The van der Waals surface area contributed by atoms with Crippen LogP contribution in [0.25, 0.3) is 0 Å². The lowest BCUT2D eigenvalue weighted by atomic mass is 10.0. The molecule has 0 radical (unpaired) electrons. The summed E-state index contributed by atoms with van der Waals surface area (Å²) in [5.41, 5.74) is 3.47. The summed E-state index contributed by atoms with van der Waals surface area (Å²) < 4.78 is 25.7. The molecule has 1 aliphatic carbocycles. The van der Waals surface area contributed by atoms with Gasteiger partial charge in [-0.1, -0.05) is 84.0 Å². The molecule has 262 valence electrons. The highest BCUT2D eigenvalue weighted by Gasteiger charge is 2.44. The van der Waals surface area contributed by atoms with Crippen LogP contribution in [0.1, 0.15) is 90.6 Å². The number of carbonyl (C=O) groups excluding carboxylic acids is 1. The predicted molar refractivity (Wildman–Crippen MR) is 199 cm³/mol. The molecular weight excluding hydrogens is 621 g/mol. The monoisotopic (exact) mass is 682 g/mol. The van der Waals surface area contributed by atoms with Crippen molar-refractivity contribution in [2.45, 2.75) is 135 Å². The second-order valence-corrected chi connectivity index (χ2v) is 25.8. The van der Waals surface area contributed by atoms with E-state index in [9.17, 15) is 4.79 Å². The normalized spacial score (nSPS) is 18.4. The Balaban J connectivity index is 1.98.